The van der Waals surface area contributed by atoms with E-state index in [1.807, 2.05) is 49.4 Å². The molecule has 1 aliphatic rings. The molecule has 4 rings (SSSR count). The molecule has 0 aliphatic carbocycles. The number of anilines is 1. The molecule has 2 heterocycles. The number of aryl methyl sites for hydroxylation is 1. The number of aromatic nitrogens is 1. The van der Waals surface area contributed by atoms with E-state index in [2.05, 4.69) is 10.3 Å². The van der Waals surface area contributed by atoms with Crippen LogP contribution >= 0.6 is 0 Å². The van der Waals surface area contributed by atoms with E-state index in [0.29, 0.717) is 5.75 Å². The highest BCUT2D eigenvalue weighted by molar-refractivity contribution is 6.03. The van der Waals surface area contributed by atoms with Crippen LogP contribution in [0.2, 0.25) is 0 Å². The lowest BCUT2D eigenvalue weighted by Crippen LogP contribution is -2.07. The van der Waals surface area contributed by atoms with Gasteiger partial charge in [0.05, 0.1) is 0 Å². The molecule has 3 aromatic rings. The monoisotopic (exact) mass is 320 g/mol. The van der Waals surface area contributed by atoms with E-state index in [0.717, 1.165) is 33.6 Å². The quantitative estimate of drug-likeness (QED) is 0.720. The zero-order chi connectivity index (χ0) is 16.5. The van der Waals surface area contributed by atoms with Gasteiger partial charge in [0.25, 0.3) is 0 Å². The highest BCUT2D eigenvalue weighted by Crippen LogP contribution is 2.32. The number of carbonyl (C=O) groups excluding carboxylic acids is 1. The van der Waals surface area contributed by atoms with Gasteiger partial charge in [-0.05, 0) is 55.0 Å². The Morgan fingerprint density at radius 3 is 2.92 bits per heavy atom. The fourth-order valence-corrected chi connectivity index (χ4v) is 2.73. The van der Waals surface area contributed by atoms with Crippen LogP contribution in [0.1, 0.15) is 11.3 Å². The Morgan fingerprint density at radius 2 is 2.00 bits per heavy atom. The molecule has 2 N–H and O–H groups in total. The van der Waals surface area contributed by atoms with Gasteiger partial charge in [0.2, 0.25) is 12.7 Å². The number of H-pyrrole nitrogens is 1. The summed E-state index contributed by atoms with van der Waals surface area (Å²) in [5.74, 6) is 1.25. The fourth-order valence-electron chi connectivity index (χ4n) is 2.73. The minimum absolute atomic E-state index is 0.181. The lowest BCUT2D eigenvalue weighted by atomic mass is 10.2. The molecule has 24 heavy (non-hydrogen) atoms. The van der Waals surface area contributed by atoms with Gasteiger partial charge >= 0.3 is 0 Å². The molecule has 0 saturated heterocycles. The Balaban J connectivity index is 1.47. The molecule has 0 atom stereocenters. The second-order valence-corrected chi connectivity index (χ2v) is 5.69. The van der Waals surface area contributed by atoms with Crippen molar-refractivity contribution in [3.05, 3.63) is 59.8 Å². The summed E-state index contributed by atoms with van der Waals surface area (Å²) < 4.78 is 10.6. The lowest BCUT2D eigenvalue weighted by molar-refractivity contribution is -0.111. The molecule has 120 valence electrons. The number of ether oxygens (including phenoxy) is 2. The van der Waals surface area contributed by atoms with Crippen molar-refractivity contribution in [3.8, 4) is 11.5 Å². The van der Waals surface area contributed by atoms with E-state index in [1.54, 1.807) is 6.08 Å². The van der Waals surface area contributed by atoms with E-state index in [-0.39, 0.29) is 12.7 Å². The lowest BCUT2D eigenvalue weighted by Gasteiger charge is -2.02. The minimum atomic E-state index is -0.181. The summed E-state index contributed by atoms with van der Waals surface area (Å²) in [6, 6.07) is 13.4. The first-order chi connectivity index (χ1) is 11.7. The third kappa shape index (κ3) is 2.84. The number of hydrogen-bond donors (Lipinski definition) is 2. The van der Waals surface area contributed by atoms with Gasteiger partial charge in [-0.2, -0.15) is 0 Å². The first kappa shape index (κ1) is 14.4. The summed E-state index contributed by atoms with van der Waals surface area (Å²) in [4.78, 5) is 15.4. The predicted octanol–water partition coefficient (Wildman–Crippen LogP) is 3.86. The van der Waals surface area contributed by atoms with E-state index < -0.39 is 0 Å². The Hall–Kier alpha value is -3.21. The van der Waals surface area contributed by atoms with Crippen LogP contribution in [-0.2, 0) is 4.79 Å². The van der Waals surface area contributed by atoms with Gasteiger partial charge in [-0.3, -0.25) is 4.79 Å². The standard InChI is InChI=1S/C19H16N2O3/c1-12-8-14-10-15(4-5-16(14)20-12)21-19(22)7-3-13-2-6-17-18(9-13)24-11-23-17/h2-10,20H,11H2,1H3,(H,21,22)/b7-3+. The number of rotatable bonds is 3. The SMILES string of the molecule is Cc1cc2cc(NC(=O)/C=C/c3ccc4c(c3)OCO4)ccc2[nH]1. The van der Waals surface area contributed by atoms with Crippen molar-refractivity contribution in [3.63, 3.8) is 0 Å². The van der Waals surface area contributed by atoms with E-state index in [4.69, 9.17) is 9.47 Å². The zero-order valence-corrected chi connectivity index (χ0v) is 13.1. The Kier molecular flexibility index (Phi) is 3.46. The summed E-state index contributed by atoms with van der Waals surface area (Å²) in [6.45, 7) is 2.25. The Morgan fingerprint density at radius 1 is 1.12 bits per heavy atom. The maximum absolute atomic E-state index is 12.1. The van der Waals surface area contributed by atoms with Gasteiger partial charge in [0.1, 0.15) is 0 Å². The highest BCUT2D eigenvalue weighted by atomic mass is 16.7. The molecule has 0 saturated carbocycles. The van der Waals surface area contributed by atoms with Crippen LogP contribution in [0.15, 0.2) is 48.5 Å². The molecule has 2 aromatic carbocycles. The van der Waals surface area contributed by atoms with Crippen LogP contribution in [0.4, 0.5) is 5.69 Å². The predicted molar refractivity (Wildman–Crippen MR) is 93.3 cm³/mol. The number of nitrogens with one attached hydrogen (secondary N) is 2. The van der Waals surface area contributed by atoms with E-state index >= 15 is 0 Å². The smallest absolute Gasteiger partial charge is 0.248 e. The molecule has 5 heteroatoms. The average molecular weight is 320 g/mol. The maximum atomic E-state index is 12.1. The molecule has 0 unspecified atom stereocenters. The topological polar surface area (TPSA) is 63.4 Å². The van der Waals surface area contributed by atoms with Gasteiger partial charge in [-0.15, -0.1) is 0 Å². The molecular formula is C19H16N2O3. The first-order valence-electron chi connectivity index (χ1n) is 7.65. The zero-order valence-electron chi connectivity index (χ0n) is 13.1. The Bertz CT molecular complexity index is 956. The molecule has 0 spiro atoms. The summed E-state index contributed by atoms with van der Waals surface area (Å²) >= 11 is 0. The molecule has 0 radical (unpaired) electrons. The second kappa shape index (κ2) is 5.77. The number of benzene rings is 2. The van der Waals surface area contributed by atoms with Crippen molar-refractivity contribution >= 4 is 28.6 Å². The number of aromatic amines is 1. The molecule has 0 bridgehead atoms. The van der Waals surface area contributed by atoms with Crippen molar-refractivity contribution < 1.29 is 14.3 Å². The first-order valence-corrected chi connectivity index (χ1v) is 7.65. The van der Waals surface area contributed by atoms with Crippen molar-refractivity contribution in [1.29, 1.82) is 0 Å². The van der Waals surface area contributed by atoms with Crippen LogP contribution in [0, 0.1) is 6.92 Å². The normalized spacial score (nSPS) is 12.9. The van der Waals surface area contributed by atoms with Gasteiger partial charge in [-0.1, -0.05) is 6.07 Å². The van der Waals surface area contributed by atoms with Gasteiger partial charge in [0, 0.05) is 28.4 Å². The number of amides is 1. The number of carbonyl (C=O) groups is 1. The fraction of sp³-hybridized carbons (Fsp3) is 0.105. The summed E-state index contributed by atoms with van der Waals surface area (Å²) in [5, 5.41) is 3.94. The maximum Gasteiger partial charge on any atom is 0.248 e. The van der Waals surface area contributed by atoms with Crippen LogP contribution in [0.5, 0.6) is 11.5 Å². The van der Waals surface area contributed by atoms with Gasteiger partial charge in [-0.25, -0.2) is 0 Å². The summed E-state index contributed by atoms with van der Waals surface area (Å²) in [6.07, 6.45) is 3.25. The average Bonchev–Trinajstić information content (AvgIpc) is 3.17. The Labute approximate surface area is 138 Å². The molecule has 1 aromatic heterocycles. The third-order valence-corrected chi connectivity index (χ3v) is 3.85. The van der Waals surface area contributed by atoms with Crippen molar-refractivity contribution in [2.24, 2.45) is 0 Å². The van der Waals surface area contributed by atoms with Crippen LogP contribution in [0.3, 0.4) is 0 Å². The number of fused-ring (bicyclic) bond motifs is 2. The van der Waals surface area contributed by atoms with E-state index in [1.165, 1.54) is 6.08 Å². The van der Waals surface area contributed by atoms with Crippen LogP contribution in [0.25, 0.3) is 17.0 Å². The molecule has 0 fully saturated rings. The summed E-state index contributed by atoms with van der Waals surface area (Å²) in [7, 11) is 0. The molecule has 5 nitrogen and oxygen atoms in total. The van der Waals surface area contributed by atoms with Crippen LogP contribution < -0.4 is 14.8 Å². The molecule has 1 aliphatic heterocycles. The largest absolute Gasteiger partial charge is 0.454 e. The van der Waals surface area contributed by atoms with Gasteiger partial charge in [0.15, 0.2) is 11.5 Å². The molecule has 1 amide bonds. The van der Waals surface area contributed by atoms with Crippen LogP contribution in [-0.4, -0.2) is 17.7 Å². The molecular weight excluding hydrogens is 304 g/mol. The summed E-state index contributed by atoms with van der Waals surface area (Å²) in [5.41, 5.74) is 3.80. The second-order valence-electron chi connectivity index (χ2n) is 5.69. The van der Waals surface area contributed by atoms with Crippen molar-refractivity contribution in [2.75, 3.05) is 12.1 Å². The number of hydrogen-bond acceptors (Lipinski definition) is 3. The minimum Gasteiger partial charge on any atom is -0.454 e. The van der Waals surface area contributed by atoms with Crippen molar-refractivity contribution in [2.45, 2.75) is 6.92 Å². The van der Waals surface area contributed by atoms with E-state index in [9.17, 15) is 4.79 Å². The van der Waals surface area contributed by atoms with Crippen molar-refractivity contribution in [1.82, 2.24) is 4.98 Å². The third-order valence-electron chi connectivity index (χ3n) is 3.85. The highest BCUT2D eigenvalue weighted by Gasteiger charge is 2.12. The van der Waals surface area contributed by atoms with Gasteiger partial charge < -0.3 is 19.8 Å².